The highest BCUT2D eigenvalue weighted by Gasteiger charge is 2.36. The summed E-state index contributed by atoms with van der Waals surface area (Å²) in [6.45, 7) is 0.0749. The zero-order valence-corrected chi connectivity index (χ0v) is 13.2. The summed E-state index contributed by atoms with van der Waals surface area (Å²) >= 11 is 0. The molecule has 22 heavy (non-hydrogen) atoms. The fourth-order valence-corrected chi connectivity index (χ4v) is 3.23. The van der Waals surface area contributed by atoms with Gasteiger partial charge in [-0.25, -0.2) is 0 Å². The molecule has 0 bridgehead atoms. The number of carbonyl (C=O) groups excluding carboxylic acids is 3. The number of fused-ring (bicyclic) bond motifs is 1. The molecule has 2 amide bonds. The van der Waals surface area contributed by atoms with E-state index in [1.54, 1.807) is 24.3 Å². The summed E-state index contributed by atoms with van der Waals surface area (Å²) in [6, 6.07) is 6.55. The van der Waals surface area contributed by atoms with Crippen LogP contribution in [0.2, 0.25) is 0 Å². The Morgan fingerprint density at radius 2 is 1.59 bits per heavy atom. The molecule has 1 heterocycles. The van der Waals surface area contributed by atoms with Crippen molar-refractivity contribution in [1.82, 2.24) is 4.90 Å². The monoisotopic (exact) mass is 325 g/mol. The highest BCUT2D eigenvalue weighted by molar-refractivity contribution is 7.71. The predicted octanol–water partition coefficient (Wildman–Crippen LogP) is 2.08. The maximum Gasteiger partial charge on any atom is 0.396 e. The van der Waals surface area contributed by atoms with Gasteiger partial charge in [0.1, 0.15) is 0 Å². The lowest BCUT2D eigenvalue weighted by atomic mass is 10.1. The van der Waals surface area contributed by atoms with Crippen molar-refractivity contribution in [3.63, 3.8) is 0 Å². The van der Waals surface area contributed by atoms with Crippen molar-refractivity contribution >= 4 is 24.9 Å². The first-order chi connectivity index (χ1) is 10.4. The molecule has 0 saturated heterocycles. The summed E-state index contributed by atoms with van der Waals surface area (Å²) in [4.78, 5) is 37.1. The van der Waals surface area contributed by atoms with Crippen molar-refractivity contribution in [2.24, 2.45) is 0 Å². The normalized spacial score (nSPS) is 14.4. The molecule has 0 radical (unpaired) electrons. The number of nitrogens with zero attached hydrogens (tertiary/aromatic N) is 1. The Morgan fingerprint density at radius 3 is 2.05 bits per heavy atom. The zero-order chi connectivity index (χ0) is 16.3. The van der Waals surface area contributed by atoms with Crippen LogP contribution in [0.15, 0.2) is 24.3 Å². The molecule has 1 aliphatic rings. The van der Waals surface area contributed by atoms with E-state index in [2.05, 4.69) is 9.05 Å². The molecule has 0 spiro atoms. The van der Waals surface area contributed by atoms with E-state index in [0.717, 1.165) is 19.1 Å². The van der Waals surface area contributed by atoms with Crippen molar-refractivity contribution in [1.29, 1.82) is 0 Å². The number of hydrogen-bond donors (Lipinski definition) is 0. The summed E-state index contributed by atoms with van der Waals surface area (Å²) in [7, 11) is -1.49. The Labute approximate surface area is 127 Å². The van der Waals surface area contributed by atoms with Crippen molar-refractivity contribution in [2.75, 3.05) is 20.8 Å². The van der Waals surface area contributed by atoms with Gasteiger partial charge in [-0.2, -0.15) is 0 Å². The Bertz CT molecular complexity index is 628. The fraction of sp³-hybridized carbons (Fsp3) is 0.357. The van der Waals surface area contributed by atoms with Crippen LogP contribution in [0, 0.1) is 0 Å². The molecule has 1 aromatic carbocycles. The van der Waals surface area contributed by atoms with Crippen molar-refractivity contribution in [2.45, 2.75) is 12.8 Å². The molecule has 0 aromatic heterocycles. The third-order valence-electron chi connectivity index (χ3n) is 3.44. The Kier molecular flexibility index (Phi) is 4.90. The highest BCUT2D eigenvalue weighted by atomic mass is 31.2. The van der Waals surface area contributed by atoms with Gasteiger partial charge in [-0.1, -0.05) is 12.1 Å². The number of hydrogen-bond acceptors (Lipinski definition) is 6. The zero-order valence-electron chi connectivity index (χ0n) is 12.3. The molecule has 1 aromatic rings. The summed E-state index contributed by atoms with van der Waals surface area (Å²) < 4.78 is 21.0. The summed E-state index contributed by atoms with van der Waals surface area (Å²) in [6.07, 6.45) is 0.0906. The van der Waals surface area contributed by atoms with Crippen molar-refractivity contribution < 1.29 is 28.0 Å². The number of amides is 2. The van der Waals surface area contributed by atoms with Crippen LogP contribution in [0.3, 0.4) is 0 Å². The predicted molar refractivity (Wildman–Crippen MR) is 77.7 cm³/mol. The van der Waals surface area contributed by atoms with Gasteiger partial charge in [0, 0.05) is 27.2 Å². The fourth-order valence-electron chi connectivity index (χ4n) is 2.25. The molecular weight excluding hydrogens is 309 g/mol. The minimum atomic E-state index is -3.75. The first-order valence-corrected chi connectivity index (χ1v) is 8.19. The molecule has 7 nitrogen and oxygen atoms in total. The van der Waals surface area contributed by atoms with Gasteiger partial charge in [-0.3, -0.25) is 23.8 Å². The molecule has 0 fully saturated rings. The number of rotatable bonds is 7. The second-order valence-electron chi connectivity index (χ2n) is 4.67. The molecule has 0 unspecified atom stereocenters. The summed E-state index contributed by atoms with van der Waals surface area (Å²) in [5.41, 5.74) is 0.0469. The van der Waals surface area contributed by atoms with E-state index in [9.17, 15) is 18.9 Å². The van der Waals surface area contributed by atoms with Crippen LogP contribution in [-0.2, 0) is 18.4 Å². The van der Waals surface area contributed by atoms with Crippen LogP contribution in [-0.4, -0.2) is 43.0 Å². The molecule has 0 saturated carbocycles. The van der Waals surface area contributed by atoms with E-state index in [4.69, 9.17) is 0 Å². The van der Waals surface area contributed by atoms with Crippen LogP contribution in [0.5, 0.6) is 0 Å². The van der Waals surface area contributed by atoms with Crippen molar-refractivity contribution in [3.05, 3.63) is 35.4 Å². The van der Waals surface area contributed by atoms with Crippen LogP contribution in [0.1, 0.15) is 33.6 Å². The molecule has 1 aliphatic heterocycles. The standard InChI is InChI=1S/C14H16NO6P/c1-20-22(19,21-2)12(16)8-5-9-15-13(17)10-6-3-4-7-11(10)14(15)18/h3-4,6-7H,5,8-9H2,1-2H3. The molecule has 0 aliphatic carbocycles. The van der Waals surface area contributed by atoms with E-state index < -0.39 is 13.1 Å². The van der Waals surface area contributed by atoms with Gasteiger partial charge in [0.2, 0.25) is 5.52 Å². The molecule has 118 valence electrons. The maximum atomic E-state index is 12.1. The van der Waals surface area contributed by atoms with Gasteiger partial charge in [0.25, 0.3) is 11.8 Å². The van der Waals surface area contributed by atoms with E-state index in [0.29, 0.717) is 11.1 Å². The van der Waals surface area contributed by atoms with Gasteiger partial charge < -0.3 is 9.05 Å². The first kappa shape index (κ1) is 16.5. The van der Waals surface area contributed by atoms with Gasteiger partial charge in [0.05, 0.1) is 11.1 Å². The van der Waals surface area contributed by atoms with Gasteiger partial charge in [0.15, 0.2) is 0 Å². The molecule has 0 atom stereocenters. The minimum absolute atomic E-state index is 0.0749. The Morgan fingerprint density at radius 1 is 1.09 bits per heavy atom. The number of imide groups is 1. The minimum Gasteiger partial charge on any atom is -0.307 e. The lowest BCUT2D eigenvalue weighted by Gasteiger charge is -2.15. The smallest absolute Gasteiger partial charge is 0.307 e. The van der Waals surface area contributed by atoms with Gasteiger partial charge in [-0.15, -0.1) is 0 Å². The molecule has 8 heteroatoms. The molecule has 2 rings (SSSR count). The third kappa shape index (κ3) is 2.88. The van der Waals surface area contributed by atoms with Crippen LogP contribution in [0.25, 0.3) is 0 Å². The Hall–Kier alpha value is -1.82. The SMILES string of the molecule is COP(=O)(OC)C(=O)CCCN1C(=O)c2ccccc2C1=O. The number of carbonyl (C=O) groups is 3. The lowest BCUT2D eigenvalue weighted by Crippen LogP contribution is -2.31. The van der Waals surface area contributed by atoms with E-state index in [1.807, 2.05) is 0 Å². The average molecular weight is 325 g/mol. The van der Waals surface area contributed by atoms with Gasteiger partial charge in [-0.05, 0) is 18.6 Å². The number of benzene rings is 1. The van der Waals surface area contributed by atoms with E-state index >= 15 is 0 Å². The molecular formula is C14H16NO6P. The Balaban J connectivity index is 1.97. The van der Waals surface area contributed by atoms with E-state index in [-0.39, 0.29) is 31.2 Å². The maximum absolute atomic E-state index is 12.1. The second-order valence-corrected chi connectivity index (χ2v) is 6.89. The average Bonchev–Trinajstić information content (AvgIpc) is 2.79. The quantitative estimate of drug-likeness (QED) is 0.563. The second kappa shape index (κ2) is 6.52. The first-order valence-electron chi connectivity index (χ1n) is 6.64. The van der Waals surface area contributed by atoms with Crippen LogP contribution in [0.4, 0.5) is 0 Å². The highest BCUT2D eigenvalue weighted by Crippen LogP contribution is 2.48. The van der Waals surface area contributed by atoms with Crippen LogP contribution < -0.4 is 0 Å². The van der Waals surface area contributed by atoms with E-state index in [1.165, 1.54) is 0 Å². The summed E-state index contributed by atoms with van der Waals surface area (Å²) in [5.74, 6) is -0.760. The summed E-state index contributed by atoms with van der Waals surface area (Å²) in [5, 5.41) is 0. The van der Waals surface area contributed by atoms with Crippen molar-refractivity contribution in [3.8, 4) is 0 Å². The topological polar surface area (TPSA) is 90.0 Å². The van der Waals surface area contributed by atoms with Crippen LogP contribution >= 0.6 is 7.60 Å². The van der Waals surface area contributed by atoms with Gasteiger partial charge >= 0.3 is 7.60 Å². The lowest BCUT2D eigenvalue weighted by molar-refractivity contribution is -0.113. The third-order valence-corrected chi connectivity index (χ3v) is 5.23. The largest absolute Gasteiger partial charge is 0.396 e. The molecule has 0 N–H and O–H groups in total.